The molecule has 0 aliphatic carbocycles. The van der Waals surface area contributed by atoms with Crippen molar-refractivity contribution in [1.29, 1.82) is 0 Å². The van der Waals surface area contributed by atoms with Gasteiger partial charge in [-0.15, -0.1) is 0 Å². The van der Waals surface area contributed by atoms with Crippen molar-refractivity contribution in [3.63, 3.8) is 0 Å². The van der Waals surface area contributed by atoms with Gasteiger partial charge in [0.15, 0.2) is 17.1 Å². The SMILES string of the molecule is CCCCC(C(=O)O)C(=O)C1(CCCC)C(=O)CCC(CC)NOC(=O)CCCC[C@H]2SC[C@H]3NC(=O)N1[C@H]32. The number of nitrogens with one attached hydrogen (secondary N) is 2. The number of urea groups is 1. The maximum atomic E-state index is 14.5. The van der Waals surface area contributed by atoms with Crippen LogP contribution in [-0.4, -0.2) is 74.2 Å². The van der Waals surface area contributed by atoms with Crippen LogP contribution in [0.5, 0.6) is 0 Å². The summed E-state index contributed by atoms with van der Waals surface area (Å²) in [6, 6.07) is -1.39. The van der Waals surface area contributed by atoms with E-state index in [4.69, 9.17) is 4.84 Å². The van der Waals surface area contributed by atoms with E-state index in [0.717, 1.165) is 6.42 Å². The van der Waals surface area contributed by atoms with Crippen molar-refractivity contribution in [3.8, 4) is 0 Å². The quantitative estimate of drug-likeness (QED) is 0.264. The molecule has 0 spiro atoms. The van der Waals surface area contributed by atoms with E-state index in [0.29, 0.717) is 50.7 Å². The molecule has 3 rings (SSSR count). The summed E-state index contributed by atoms with van der Waals surface area (Å²) in [7, 11) is 0. The molecule has 0 aromatic carbocycles. The molecule has 220 valence electrons. The number of aliphatic carboxylic acids is 1. The highest BCUT2D eigenvalue weighted by Gasteiger charge is 2.62. The van der Waals surface area contributed by atoms with Crippen LogP contribution in [0.2, 0.25) is 0 Å². The number of carbonyl (C=O) groups excluding carboxylic acids is 4. The Morgan fingerprint density at radius 3 is 2.51 bits per heavy atom. The summed E-state index contributed by atoms with van der Waals surface area (Å²) in [6.45, 7) is 5.78. The summed E-state index contributed by atoms with van der Waals surface area (Å²) < 4.78 is 0. The lowest BCUT2D eigenvalue weighted by molar-refractivity contribution is -0.154. The lowest BCUT2D eigenvalue weighted by Gasteiger charge is -2.44. The van der Waals surface area contributed by atoms with Crippen molar-refractivity contribution in [3.05, 3.63) is 0 Å². The zero-order chi connectivity index (χ0) is 28.6. The number of carbonyl (C=O) groups is 5. The van der Waals surface area contributed by atoms with Gasteiger partial charge in [0, 0.05) is 29.9 Å². The van der Waals surface area contributed by atoms with Gasteiger partial charge in [-0.1, -0.05) is 52.9 Å². The lowest BCUT2D eigenvalue weighted by Crippen LogP contribution is -2.66. The zero-order valence-electron chi connectivity index (χ0n) is 23.5. The normalized spacial score (nSPS) is 31.1. The highest BCUT2D eigenvalue weighted by atomic mass is 32.2. The Balaban J connectivity index is 2.13. The van der Waals surface area contributed by atoms with Crippen LogP contribution < -0.4 is 10.8 Å². The standard InChI is InChI=1S/C28H45N3O7S/c1-4-7-11-19(26(35)36)25(34)28(16-8-5-2)22(32)15-14-18(6-3)30-38-23(33)13-10-9-12-21-24-20(17-39-21)29-27(37)31(24)28/h18-21,24,30H,4-17H2,1-3H3,(H,29,37)(H,35,36)/t18?,19?,20-,21-,24-,28?/m1/s1. The van der Waals surface area contributed by atoms with E-state index >= 15 is 0 Å². The van der Waals surface area contributed by atoms with Gasteiger partial charge in [-0.25, -0.2) is 4.79 Å². The van der Waals surface area contributed by atoms with Gasteiger partial charge in [0.2, 0.25) is 0 Å². The van der Waals surface area contributed by atoms with Crippen LogP contribution in [0, 0.1) is 5.92 Å². The summed E-state index contributed by atoms with van der Waals surface area (Å²) in [4.78, 5) is 74.0. The number of ketones is 2. The van der Waals surface area contributed by atoms with Crippen LogP contribution in [0.15, 0.2) is 0 Å². The van der Waals surface area contributed by atoms with Crippen molar-refractivity contribution in [2.24, 2.45) is 5.92 Å². The molecule has 3 fully saturated rings. The molecule has 39 heavy (non-hydrogen) atoms. The first-order chi connectivity index (χ1) is 18.7. The number of thioether (sulfide) groups is 1. The topological polar surface area (TPSA) is 142 Å². The van der Waals surface area contributed by atoms with Crippen molar-refractivity contribution < 1.29 is 33.9 Å². The van der Waals surface area contributed by atoms with Crippen LogP contribution in [0.1, 0.15) is 104 Å². The van der Waals surface area contributed by atoms with Crippen LogP contribution in [-0.2, 0) is 24.0 Å². The first kappa shape index (κ1) is 31.4. The van der Waals surface area contributed by atoms with Gasteiger partial charge in [0.1, 0.15) is 5.92 Å². The van der Waals surface area contributed by atoms with E-state index < -0.39 is 41.1 Å². The van der Waals surface area contributed by atoms with Crippen molar-refractivity contribution >= 4 is 41.3 Å². The minimum atomic E-state index is -1.85. The number of hydroxylamine groups is 1. The molecule has 6 atom stereocenters. The number of nitrogens with zero attached hydrogens (tertiary/aromatic N) is 1. The molecule has 3 N–H and O–H groups in total. The molecule has 0 aromatic rings. The summed E-state index contributed by atoms with van der Waals surface area (Å²) in [5.41, 5.74) is 0.930. The Morgan fingerprint density at radius 2 is 1.85 bits per heavy atom. The first-order valence-electron chi connectivity index (χ1n) is 14.7. The van der Waals surface area contributed by atoms with Crippen LogP contribution >= 0.6 is 11.8 Å². The van der Waals surface area contributed by atoms with E-state index in [9.17, 15) is 29.1 Å². The second-order valence-electron chi connectivity index (χ2n) is 11.1. The zero-order valence-corrected chi connectivity index (χ0v) is 24.4. The predicted octanol–water partition coefficient (Wildman–Crippen LogP) is 4.00. The molecule has 0 saturated carbocycles. The number of rotatable bonds is 10. The van der Waals surface area contributed by atoms with Gasteiger partial charge in [-0.05, 0) is 38.5 Å². The third-order valence-corrected chi connectivity index (χ3v) is 9.91. The maximum Gasteiger partial charge on any atom is 0.324 e. The molecular weight excluding hydrogens is 522 g/mol. The fraction of sp³-hybridized carbons (Fsp3) is 0.821. The molecule has 3 aliphatic rings. The van der Waals surface area contributed by atoms with E-state index in [1.54, 1.807) is 11.8 Å². The minimum absolute atomic E-state index is 0.0304. The third-order valence-electron chi connectivity index (χ3n) is 8.41. The number of unbranched alkanes of at least 4 members (excludes halogenated alkanes) is 2. The largest absolute Gasteiger partial charge is 0.481 e. The van der Waals surface area contributed by atoms with E-state index in [-0.39, 0.29) is 55.4 Å². The number of carboxylic acid groups (broad SMARTS) is 1. The molecule has 10 nitrogen and oxygen atoms in total. The predicted molar refractivity (Wildman–Crippen MR) is 148 cm³/mol. The molecule has 3 heterocycles. The Hall–Kier alpha value is -2.14. The van der Waals surface area contributed by atoms with E-state index in [2.05, 4.69) is 10.8 Å². The highest BCUT2D eigenvalue weighted by Crippen LogP contribution is 2.44. The Bertz CT molecular complexity index is 916. The molecule has 3 saturated heterocycles. The molecule has 0 aromatic heterocycles. The molecule has 3 aliphatic heterocycles. The molecule has 0 bridgehead atoms. The van der Waals surface area contributed by atoms with Crippen molar-refractivity contribution in [2.75, 3.05) is 5.75 Å². The fourth-order valence-corrected chi connectivity index (χ4v) is 7.72. The van der Waals surface area contributed by atoms with Gasteiger partial charge in [-0.2, -0.15) is 17.2 Å². The van der Waals surface area contributed by atoms with Gasteiger partial charge >= 0.3 is 18.0 Å². The molecule has 3 unspecified atom stereocenters. The molecule has 2 amide bonds. The van der Waals surface area contributed by atoms with Crippen molar-refractivity contribution in [1.82, 2.24) is 15.7 Å². The third kappa shape index (κ3) is 6.96. The van der Waals surface area contributed by atoms with Crippen LogP contribution in [0.4, 0.5) is 4.79 Å². The average molecular weight is 568 g/mol. The first-order valence-corrected chi connectivity index (χ1v) is 15.7. The number of amides is 2. The fourth-order valence-electron chi connectivity index (χ4n) is 6.15. The van der Waals surface area contributed by atoms with Gasteiger partial charge in [0.05, 0.1) is 12.1 Å². The van der Waals surface area contributed by atoms with Gasteiger partial charge in [-0.3, -0.25) is 24.1 Å². The number of hydrogen-bond donors (Lipinski definition) is 3. The second-order valence-corrected chi connectivity index (χ2v) is 12.3. The van der Waals surface area contributed by atoms with E-state index in [1.807, 2.05) is 20.8 Å². The average Bonchev–Trinajstić information content (AvgIpc) is 3.44. The Labute approximate surface area is 235 Å². The smallest absolute Gasteiger partial charge is 0.324 e. The lowest BCUT2D eigenvalue weighted by atomic mass is 9.73. The Kier molecular flexibility index (Phi) is 11.7. The molecule has 11 heteroatoms. The summed E-state index contributed by atoms with van der Waals surface area (Å²) in [5.74, 6) is -3.39. The van der Waals surface area contributed by atoms with Crippen molar-refractivity contribution in [2.45, 2.75) is 133 Å². The maximum absolute atomic E-state index is 14.5. The van der Waals surface area contributed by atoms with Gasteiger partial charge < -0.3 is 15.3 Å². The Morgan fingerprint density at radius 1 is 1.10 bits per heavy atom. The molecule has 0 radical (unpaired) electrons. The van der Waals surface area contributed by atoms with Crippen LogP contribution in [0.25, 0.3) is 0 Å². The number of carboxylic acids is 1. The van der Waals surface area contributed by atoms with Gasteiger partial charge in [0.25, 0.3) is 0 Å². The van der Waals surface area contributed by atoms with Crippen LogP contribution in [0.3, 0.4) is 0 Å². The summed E-state index contributed by atoms with van der Waals surface area (Å²) in [5, 5.41) is 13.1. The number of Topliss-reactive ketones (excluding diaryl/α,β-unsaturated/α-hetero) is 2. The molecular formula is C28H45N3O7S. The minimum Gasteiger partial charge on any atom is -0.481 e. The van der Waals surface area contributed by atoms with E-state index in [1.165, 1.54) is 4.90 Å². The summed E-state index contributed by atoms with van der Waals surface area (Å²) >= 11 is 1.70. The monoisotopic (exact) mass is 567 g/mol. The second kappa shape index (κ2) is 14.5. The highest BCUT2D eigenvalue weighted by molar-refractivity contribution is 8.00. The number of hydrogen-bond acceptors (Lipinski definition) is 8. The summed E-state index contributed by atoms with van der Waals surface area (Å²) in [6.07, 6.45) is 5.83.